The van der Waals surface area contributed by atoms with Gasteiger partial charge in [0.1, 0.15) is 29.2 Å². The maximum absolute atomic E-state index is 14.6. The molecule has 1 aliphatic rings. The molecule has 14 heteroatoms. The van der Waals surface area contributed by atoms with Gasteiger partial charge < -0.3 is 23.8 Å². The molecule has 3 aromatic rings. The van der Waals surface area contributed by atoms with Gasteiger partial charge in [-0.25, -0.2) is 23.5 Å². The summed E-state index contributed by atoms with van der Waals surface area (Å²) < 4.78 is 40.3. The number of hydrogen-bond donors (Lipinski definition) is 0. The number of piperidine rings is 1. The molecule has 2 aromatic carbocycles. The molecule has 1 fully saturated rings. The maximum atomic E-state index is 14.6. The molecule has 2 heterocycles. The molecule has 1 aliphatic heterocycles. The molecular weight excluding hydrogens is 791 g/mol. The molecule has 3 amide bonds. The number of ether oxygens (including phenoxy) is 4. The quantitative estimate of drug-likeness (QED) is 0.226. The van der Waals surface area contributed by atoms with Gasteiger partial charge in [0.25, 0.3) is 0 Å². The Labute approximate surface area is 316 Å². The van der Waals surface area contributed by atoms with Crippen LogP contribution in [0.1, 0.15) is 93.2 Å². The summed E-state index contributed by atoms with van der Waals surface area (Å²) in [6, 6.07) is 12.0. The first-order valence-electron chi connectivity index (χ1n) is 16.7. The SMILES string of the molecule is CC(C)(C)OC(=O)N1CCC(C)(c2c(OCc3ccccc3)nn(-c3c(Br)cc(F)cc3Br)c2N(C(=O)OC(C)(C)C)C(=O)OC(C)(C)C)CC1. The number of hydrogen-bond acceptors (Lipinski definition) is 8. The summed E-state index contributed by atoms with van der Waals surface area (Å²) in [6.07, 6.45) is -1.70. The van der Waals surface area contributed by atoms with Gasteiger partial charge in [0.2, 0.25) is 5.88 Å². The predicted octanol–water partition coefficient (Wildman–Crippen LogP) is 10.1. The number of likely N-dealkylation sites (tertiary alicyclic amines) is 1. The molecule has 4 rings (SSSR count). The number of nitrogens with zero attached hydrogens (tertiary/aromatic N) is 4. The maximum Gasteiger partial charge on any atom is 0.425 e. The minimum absolute atomic E-state index is 0.0113. The molecule has 0 aliphatic carbocycles. The number of aromatic nitrogens is 2. The van der Waals surface area contributed by atoms with E-state index in [2.05, 4.69) is 31.9 Å². The van der Waals surface area contributed by atoms with E-state index in [1.165, 1.54) is 16.8 Å². The lowest BCUT2D eigenvalue weighted by molar-refractivity contribution is 0.0171. The molecule has 278 valence electrons. The number of halogens is 3. The van der Waals surface area contributed by atoms with E-state index in [9.17, 15) is 18.8 Å². The number of carbonyl (C=O) groups is 3. The van der Waals surface area contributed by atoms with Crippen molar-refractivity contribution in [1.82, 2.24) is 14.7 Å². The molecule has 0 atom stereocenters. The van der Waals surface area contributed by atoms with Gasteiger partial charge in [-0.2, -0.15) is 4.90 Å². The van der Waals surface area contributed by atoms with Crippen LogP contribution in [0.25, 0.3) is 5.69 Å². The number of carbonyl (C=O) groups excluding carboxylic acids is 3. The van der Waals surface area contributed by atoms with Crippen LogP contribution in [0.5, 0.6) is 5.88 Å². The number of imide groups is 1. The summed E-state index contributed by atoms with van der Waals surface area (Å²) in [5.41, 5.74) is -1.98. The normalized spacial score (nSPS) is 14.9. The van der Waals surface area contributed by atoms with Gasteiger partial charge in [-0.05, 0) is 125 Å². The Morgan fingerprint density at radius 3 is 1.80 bits per heavy atom. The lowest BCUT2D eigenvalue weighted by Crippen LogP contribution is -2.48. The number of rotatable bonds is 6. The van der Waals surface area contributed by atoms with E-state index in [1.807, 2.05) is 58.0 Å². The van der Waals surface area contributed by atoms with Crippen LogP contribution >= 0.6 is 31.9 Å². The van der Waals surface area contributed by atoms with Crippen molar-refractivity contribution < 1.29 is 37.7 Å². The molecule has 0 unspecified atom stereocenters. The van der Waals surface area contributed by atoms with E-state index in [0.29, 0.717) is 31.5 Å². The fraction of sp³-hybridized carbons (Fsp3) is 0.514. The van der Waals surface area contributed by atoms with Gasteiger partial charge in [0, 0.05) is 27.4 Å². The van der Waals surface area contributed by atoms with Crippen molar-refractivity contribution in [2.45, 2.75) is 111 Å². The molecule has 0 N–H and O–H groups in total. The van der Waals surface area contributed by atoms with Crippen LogP contribution in [-0.2, 0) is 26.2 Å². The predicted molar refractivity (Wildman–Crippen MR) is 199 cm³/mol. The molecule has 1 saturated heterocycles. The van der Waals surface area contributed by atoms with E-state index < -0.39 is 46.3 Å². The van der Waals surface area contributed by atoms with Crippen molar-refractivity contribution >= 4 is 56.0 Å². The second kappa shape index (κ2) is 15.1. The standard InChI is InChI=1S/C37H47Br2FN4O7/c1-34(2,3)49-31(45)42-18-16-37(10,17-19-42)27-29(48-22-23-14-12-11-13-15-23)41-44(28-25(38)20-24(40)21-26(28)39)30(27)43(32(46)50-35(4,5)6)33(47)51-36(7,8)9/h11-15,20-21H,16-19,22H2,1-10H3. The van der Waals surface area contributed by atoms with E-state index >= 15 is 0 Å². The van der Waals surface area contributed by atoms with Crippen LogP contribution in [0, 0.1) is 5.82 Å². The molecule has 11 nitrogen and oxygen atoms in total. The second-order valence-corrected chi connectivity index (χ2v) is 17.4. The molecule has 1 aromatic heterocycles. The monoisotopic (exact) mass is 836 g/mol. The van der Waals surface area contributed by atoms with Crippen LogP contribution < -0.4 is 9.64 Å². The Morgan fingerprint density at radius 2 is 1.33 bits per heavy atom. The van der Waals surface area contributed by atoms with Gasteiger partial charge in [0.05, 0.1) is 11.3 Å². The molecule has 0 spiro atoms. The topological polar surface area (TPSA) is 112 Å². The minimum Gasteiger partial charge on any atom is -0.471 e. The molecule has 51 heavy (non-hydrogen) atoms. The smallest absolute Gasteiger partial charge is 0.425 e. The van der Waals surface area contributed by atoms with E-state index in [4.69, 9.17) is 24.0 Å². The number of benzene rings is 2. The van der Waals surface area contributed by atoms with Crippen molar-refractivity contribution in [3.8, 4) is 11.6 Å². The van der Waals surface area contributed by atoms with Crippen LogP contribution in [0.4, 0.5) is 24.6 Å². The highest BCUT2D eigenvalue weighted by Crippen LogP contribution is 2.48. The van der Waals surface area contributed by atoms with E-state index in [-0.39, 0.29) is 32.9 Å². The zero-order valence-corrected chi connectivity index (χ0v) is 34.0. The number of amides is 3. The lowest BCUT2D eigenvalue weighted by atomic mass is 9.75. The zero-order valence-electron chi connectivity index (χ0n) is 30.9. The van der Waals surface area contributed by atoms with Gasteiger partial charge in [-0.3, -0.25) is 0 Å². The second-order valence-electron chi connectivity index (χ2n) is 15.7. The zero-order chi connectivity index (χ0) is 38.1. The molecule has 0 radical (unpaired) electrons. The highest BCUT2D eigenvalue weighted by molar-refractivity contribution is 9.11. The minimum atomic E-state index is -1.02. The Kier molecular flexibility index (Phi) is 11.9. The number of anilines is 1. The van der Waals surface area contributed by atoms with Gasteiger partial charge >= 0.3 is 18.3 Å². The highest BCUT2D eigenvalue weighted by Gasteiger charge is 2.46. The lowest BCUT2D eigenvalue weighted by Gasteiger charge is -2.40. The van der Waals surface area contributed by atoms with E-state index in [0.717, 1.165) is 10.5 Å². The summed E-state index contributed by atoms with van der Waals surface area (Å²) in [4.78, 5) is 44.1. The van der Waals surface area contributed by atoms with Crippen LogP contribution in [0.15, 0.2) is 51.4 Å². The molecular formula is C37H47Br2FN4O7. The first-order valence-corrected chi connectivity index (χ1v) is 18.3. The van der Waals surface area contributed by atoms with Crippen molar-refractivity contribution in [2.75, 3.05) is 18.0 Å². The summed E-state index contributed by atoms with van der Waals surface area (Å²) in [7, 11) is 0. The highest BCUT2D eigenvalue weighted by atomic mass is 79.9. The Bertz CT molecular complexity index is 1700. The van der Waals surface area contributed by atoms with Crippen LogP contribution in [0.3, 0.4) is 0 Å². The first-order chi connectivity index (χ1) is 23.5. The third-order valence-corrected chi connectivity index (χ3v) is 8.94. The van der Waals surface area contributed by atoms with Crippen molar-refractivity contribution in [2.24, 2.45) is 0 Å². The third kappa shape index (κ3) is 10.2. The average Bonchev–Trinajstić information content (AvgIpc) is 3.32. The van der Waals surface area contributed by atoms with Gasteiger partial charge in [-0.1, -0.05) is 37.3 Å². The molecule has 0 saturated carbocycles. The first kappa shape index (κ1) is 40.1. The van der Waals surface area contributed by atoms with E-state index in [1.54, 1.807) is 46.4 Å². The third-order valence-electron chi connectivity index (χ3n) is 7.73. The van der Waals surface area contributed by atoms with Crippen molar-refractivity contribution in [3.05, 3.63) is 68.4 Å². The Morgan fingerprint density at radius 1 is 0.843 bits per heavy atom. The Balaban J connectivity index is 2.02. The fourth-order valence-corrected chi connectivity index (χ4v) is 6.93. The van der Waals surface area contributed by atoms with Crippen molar-refractivity contribution in [3.63, 3.8) is 0 Å². The van der Waals surface area contributed by atoms with Gasteiger partial charge in [0.15, 0.2) is 5.82 Å². The molecule has 0 bridgehead atoms. The Hall–Kier alpha value is -3.65. The van der Waals surface area contributed by atoms with Crippen molar-refractivity contribution in [1.29, 1.82) is 0 Å². The fourth-order valence-electron chi connectivity index (χ4n) is 5.47. The summed E-state index contributed by atoms with van der Waals surface area (Å²) in [5.74, 6) is -0.422. The van der Waals surface area contributed by atoms with Crippen LogP contribution in [-0.4, -0.2) is 62.9 Å². The average molecular weight is 839 g/mol. The van der Waals surface area contributed by atoms with Gasteiger partial charge in [-0.15, -0.1) is 5.10 Å². The summed E-state index contributed by atoms with van der Waals surface area (Å²) >= 11 is 6.95. The summed E-state index contributed by atoms with van der Waals surface area (Å²) in [5, 5.41) is 4.90. The summed E-state index contributed by atoms with van der Waals surface area (Å²) in [6.45, 7) is 18.2. The largest absolute Gasteiger partial charge is 0.471 e. The van der Waals surface area contributed by atoms with Crippen LogP contribution in [0.2, 0.25) is 0 Å².